The smallest absolute Gasteiger partial charge is 0.266 e. The predicted octanol–water partition coefficient (Wildman–Crippen LogP) is 3.65. The van der Waals surface area contributed by atoms with Gasteiger partial charge in [-0.25, -0.2) is 13.2 Å². The molecule has 0 unspecified atom stereocenters. The van der Waals surface area contributed by atoms with E-state index < -0.39 is 17.8 Å². The zero-order valence-corrected chi connectivity index (χ0v) is 14.6. The number of rotatable bonds is 4. The lowest BCUT2D eigenvalue weighted by atomic mass is 10.0. The third-order valence-electron chi connectivity index (χ3n) is 4.99. The number of carbonyl (C=O) groups excluding carboxylic acids is 1. The second-order valence-electron chi connectivity index (χ2n) is 6.74. The van der Waals surface area contributed by atoms with Crippen LogP contribution in [-0.4, -0.2) is 39.2 Å². The second kappa shape index (κ2) is 6.68. The van der Waals surface area contributed by atoms with Gasteiger partial charge in [-0.2, -0.15) is 5.10 Å². The molecule has 1 aromatic carbocycles. The standard InChI is InChI=1S/C19H17F3N4O/c1-25-5-4-12(19(25)27)10-26-17-7-13(8-23-16(17)9-24-26)11-2-3-15(20)14(6-11)18(21)22/h2-3,6-9,12,18H,4-5,10H2,1H3/t12-/m0/s1. The third-order valence-corrected chi connectivity index (χ3v) is 4.99. The van der Waals surface area contributed by atoms with E-state index >= 15 is 0 Å². The Morgan fingerprint density at radius 3 is 2.74 bits per heavy atom. The fourth-order valence-corrected chi connectivity index (χ4v) is 3.42. The molecule has 1 aliphatic rings. The van der Waals surface area contributed by atoms with Crippen molar-refractivity contribution in [2.24, 2.45) is 5.92 Å². The van der Waals surface area contributed by atoms with Crippen LogP contribution < -0.4 is 0 Å². The van der Waals surface area contributed by atoms with Gasteiger partial charge in [0.05, 0.1) is 29.7 Å². The first kappa shape index (κ1) is 17.5. The van der Waals surface area contributed by atoms with E-state index in [0.29, 0.717) is 28.7 Å². The molecule has 4 rings (SSSR count). The minimum Gasteiger partial charge on any atom is -0.345 e. The van der Waals surface area contributed by atoms with E-state index in [4.69, 9.17) is 0 Å². The SMILES string of the molecule is CN1CC[C@@H](Cn2ncc3ncc(-c4ccc(F)c(C(F)F)c4)cc32)C1=O. The molecule has 1 aliphatic heterocycles. The van der Waals surface area contributed by atoms with E-state index in [-0.39, 0.29) is 11.8 Å². The van der Waals surface area contributed by atoms with Crippen LogP contribution in [-0.2, 0) is 11.3 Å². The summed E-state index contributed by atoms with van der Waals surface area (Å²) in [4.78, 5) is 18.2. The van der Waals surface area contributed by atoms with Crippen molar-refractivity contribution >= 4 is 16.9 Å². The van der Waals surface area contributed by atoms with E-state index in [1.54, 1.807) is 35.1 Å². The summed E-state index contributed by atoms with van der Waals surface area (Å²) in [6.07, 6.45) is 1.03. The van der Waals surface area contributed by atoms with Crippen molar-refractivity contribution < 1.29 is 18.0 Å². The minimum atomic E-state index is -2.89. The maximum absolute atomic E-state index is 13.6. The molecule has 0 aliphatic carbocycles. The average molecular weight is 374 g/mol. The number of benzene rings is 1. The number of carbonyl (C=O) groups is 1. The second-order valence-corrected chi connectivity index (χ2v) is 6.74. The fraction of sp³-hybridized carbons (Fsp3) is 0.316. The molecule has 1 amide bonds. The summed E-state index contributed by atoms with van der Waals surface area (Å²) in [6.45, 7) is 1.15. The van der Waals surface area contributed by atoms with Crippen molar-refractivity contribution in [1.29, 1.82) is 0 Å². The number of hydrogen-bond donors (Lipinski definition) is 0. The first-order valence-electron chi connectivity index (χ1n) is 8.58. The van der Waals surface area contributed by atoms with Gasteiger partial charge in [-0.05, 0) is 30.2 Å². The highest BCUT2D eigenvalue weighted by atomic mass is 19.3. The number of nitrogens with zero attached hydrogens (tertiary/aromatic N) is 4. The van der Waals surface area contributed by atoms with Crippen LogP contribution in [0.15, 0.2) is 36.7 Å². The lowest BCUT2D eigenvalue weighted by molar-refractivity contribution is -0.130. The average Bonchev–Trinajstić information content (AvgIpc) is 3.20. The van der Waals surface area contributed by atoms with Gasteiger partial charge >= 0.3 is 0 Å². The monoisotopic (exact) mass is 374 g/mol. The van der Waals surface area contributed by atoms with E-state index in [1.807, 2.05) is 0 Å². The molecule has 0 spiro atoms. The summed E-state index contributed by atoms with van der Waals surface area (Å²) in [6, 6.07) is 5.39. The molecule has 2 aromatic heterocycles. The van der Waals surface area contributed by atoms with E-state index in [9.17, 15) is 18.0 Å². The molecule has 0 N–H and O–H groups in total. The van der Waals surface area contributed by atoms with Gasteiger partial charge in [0.1, 0.15) is 11.3 Å². The molecule has 0 saturated carbocycles. The Balaban J connectivity index is 1.70. The van der Waals surface area contributed by atoms with Gasteiger partial charge in [0.2, 0.25) is 5.91 Å². The van der Waals surface area contributed by atoms with Gasteiger partial charge in [-0.3, -0.25) is 14.5 Å². The lowest BCUT2D eigenvalue weighted by Gasteiger charge is -2.11. The number of hydrogen-bond acceptors (Lipinski definition) is 3. The topological polar surface area (TPSA) is 51.0 Å². The molecule has 0 radical (unpaired) electrons. The summed E-state index contributed by atoms with van der Waals surface area (Å²) < 4.78 is 41.2. The van der Waals surface area contributed by atoms with Crippen molar-refractivity contribution in [1.82, 2.24) is 19.7 Å². The Hall–Kier alpha value is -2.90. The Bertz CT molecular complexity index is 1020. The molecule has 0 bridgehead atoms. The molecule has 1 atom stereocenters. The Morgan fingerprint density at radius 2 is 2.04 bits per heavy atom. The van der Waals surface area contributed by atoms with Crippen LogP contribution >= 0.6 is 0 Å². The molecule has 1 fully saturated rings. The van der Waals surface area contributed by atoms with Crippen molar-refractivity contribution in [3.63, 3.8) is 0 Å². The van der Waals surface area contributed by atoms with Gasteiger partial charge in [-0.15, -0.1) is 0 Å². The van der Waals surface area contributed by atoms with E-state index in [0.717, 1.165) is 25.1 Å². The number of amides is 1. The molecule has 8 heteroatoms. The highest BCUT2D eigenvalue weighted by molar-refractivity contribution is 5.82. The predicted molar refractivity (Wildman–Crippen MR) is 93.6 cm³/mol. The zero-order valence-electron chi connectivity index (χ0n) is 14.6. The fourth-order valence-electron chi connectivity index (χ4n) is 3.42. The highest BCUT2D eigenvalue weighted by Gasteiger charge is 2.29. The molecular weight excluding hydrogens is 357 g/mol. The molecule has 140 valence electrons. The molecule has 3 aromatic rings. The molecule has 1 saturated heterocycles. The maximum Gasteiger partial charge on any atom is 0.266 e. The van der Waals surface area contributed by atoms with Gasteiger partial charge < -0.3 is 4.90 Å². The number of alkyl halides is 2. The summed E-state index contributed by atoms with van der Waals surface area (Å²) in [7, 11) is 1.78. The van der Waals surface area contributed by atoms with Crippen molar-refractivity contribution in [3.8, 4) is 11.1 Å². The highest BCUT2D eigenvalue weighted by Crippen LogP contribution is 2.29. The largest absolute Gasteiger partial charge is 0.345 e. The van der Waals surface area contributed by atoms with Crippen molar-refractivity contribution in [2.75, 3.05) is 13.6 Å². The minimum absolute atomic E-state index is 0.0860. The summed E-state index contributed by atoms with van der Waals surface area (Å²) in [5, 5.41) is 4.32. The van der Waals surface area contributed by atoms with Crippen LogP contribution in [0.4, 0.5) is 13.2 Å². The van der Waals surface area contributed by atoms with Crippen LogP contribution in [0.25, 0.3) is 22.2 Å². The van der Waals surface area contributed by atoms with E-state index in [1.165, 1.54) is 6.07 Å². The van der Waals surface area contributed by atoms with Gasteiger partial charge in [0.15, 0.2) is 0 Å². The van der Waals surface area contributed by atoms with Crippen molar-refractivity contribution in [3.05, 3.63) is 48.0 Å². The van der Waals surface area contributed by atoms with Crippen molar-refractivity contribution in [2.45, 2.75) is 19.4 Å². The number of halogens is 3. The van der Waals surface area contributed by atoms with Gasteiger partial charge in [-0.1, -0.05) is 6.07 Å². The first-order chi connectivity index (χ1) is 12.9. The van der Waals surface area contributed by atoms with Crippen LogP contribution in [0.5, 0.6) is 0 Å². The summed E-state index contributed by atoms with van der Waals surface area (Å²) in [5.41, 5.74) is 1.75. The molecule has 3 heterocycles. The Morgan fingerprint density at radius 1 is 1.22 bits per heavy atom. The molecule has 27 heavy (non-hydrogen) atoms. The normalized spacial score (nSPS) is 17.4. The summed E-state index contributed by atoms with van der Waals surface area (Å²) in [5.74, 6) is -0.988. The van der Waals surface area contributed by atoms with Crippen LogP contribution in [0.3, 0.4) is 0 Å². The zero-order chi connectivity index (χ0) is 19.1. The maximum atomic E-state index is 13.6. The first-order valence-corrected chi connectivity index (χ1v) is 8.58. The number of fused-ring (bicyclic) bond motifs is 1. The number of pyridine rings is 1. The number of aromatic nitrogens is 3. The Labute approximate surface area is 153 Å². The summed E-state index contributed by atoms with van der Waals surface area (Å²) >= 11 is 0. The molecular formula is C19H17F3N4O. The van der Waals surface area contributed by atoms with Crippen LogP contribution in [0, 0.1) is 11.7 Å². The number of likely N-dealkylation sites (tertiary alicyclic amines) is 1. The van der Waals surface area contributed by atoms with Gasteiger partial charge in [0.25, 0.3) is 6.43 Å². The molecule has 5 nitrogen and oxygen atoms in total. The van der Waals surface area contributed by atoms with E-state index in [2.05, 4.69) is 10.1 Å². The Kier molecular flexibility index (Phi) is 4.33. The quantitative estimate of drug-likeness (QED) is 0.700. The third kappa shape index (κ3) is 3.15. The van der Waals surface area contributed by atoms with Crippen LogP contribution in [0.1, 0.15) is 18.4 Å². The van der Waals surface area contributed by atoms with Gasteiger partial charge in [0, 0.05) is 25.4 Å². The van der Waals surface area contributed by atoms with Crippen LogP contribution in [0.2, 0.25) is 0 Å². The lowest BCUT2D eigenvalue weighted by Crippen LogP contribution is -2.25.